The average Bonchev–Trinajstić information content (AvgIpc) is 2.22. The van der Waals surface area contributed by atoms with E-state index in [4.69, 9.17) is 5.26 Å². The third-order valence-corrected chi connectivity index (χ3v) is 3.87. The lowest BCUT2D eigenvalue weighted by molar-refractivity contribution is 0.120. The topological polar surface area (TPSA) is 27.0 Å². The Kier molecular flexibility index (Phi) is 5.11. The zero-order chi connectivity index (χ0) is 11.3. The van der Waals surface area contributed by atoms with E-state index in [0.717, 1.165) is 24.8 Å². The van der Waals surface area contributed by atoms with Gasteiger partial charge in [-0.25, -0.2) is 0 Å². The first-order valence-corrected chi connectivity index (χ1v) is 6.30. The highest BCUT2D eigenvalue weighted by Gasteiger charge is 2.27. The minimum Gasteiger partial charge on any atom is -0.288 e. The summed E-state index contributed by atoms with van der Waals surface area (Å²) in [5.41, 5.74) is 0. The summed E-state index contributed by atoms with van der Waals surface area (Å²) >= 11 is 0. The van der Waals surface area contributed by atoms with E-state index in [1.807, 2.05) is 0 Å². The van der Waals surface area contributed by atoms with Crippen molar-refractivity contribution in [2.45, 2.75) is 52.5 Å². The average molecular weight is 208 g/mol. The molecule has 0 radical (unpaired) electrons. The van der Waals surface area contributed by atoms with E-state index in [9.17, 15) is 0 Å². The molecule has 1 fully saturated rings. The number of rotatable bonds is 4. The van der Waals surface area contributed by atoms with Crippen molar-refractivity contribution in [1.29, 1.82) is 5.26 Å². The molecular formula is C13H24N2. The fourth-order valence-electron chi connectivity index (χ4n) is 2.62. The maximum Gasteiger partial charge on any atom is 0.0868 e. The van der Waals surface area contributed by atoms with E-state index >= 15 is 0 Å². The van der Waals surface area contributed by atoms with Crippen LogP contribution >= 0.6 is 0 Å². The van der Waals surface area contributed by atoms with Gasteiger partial charge in [0.25, 0.3) is 0 Å². The number of hydrogen-bond acceptors (Lipinski definition) is 2. The quantitative estimate of drug-likeness (QED) is 0.664. The van der Waals surface area contributed by atoms with E-state index < -0.39 is 0 Å². The van der Waals surface area contributed by atoms with Crippen molar-refractivity contribution in [3.05, 3.63) is 0 Å². The third kappa shape index (κ3) is 3.50. The van der Waals surface area contributed by atoms with E-state index in [2.05, 4.69) is 31.7 Å². The van der Waals surface area contributed by atoms with E-state index in [1.54, 1.807) is 0 Å². The highest BCUT2D eigenvalue weighted by Crippen LogP contribution is 2.31. The van der Waals surface area contributed by atoms with Crippen LogP contribution in [0.2, 0.25) is 0 Å². The summed E-state index contributed by atoms with van der Waals surface area (Å²) in [4.78, 5) is 2.38. The second kappa shape index (κ2) is 6.12. The predicted octanol–water partition coefficient (Wildman–Crippen LogP) is 3.05. The monoisotopic (exact) mass is 208 g/mol. The van der Waals surface area contributed by atoms with E-state index in [1.165, 1.54) is 19.3 Å². The summed E-state index contributed by atoms with van der Waals surface area (Å²) < 4.78 is 0. The molecule has 3 unspecified atom stereocenters. The summed E-state index contributed by atoms with van der Waals surface area (Å²) in [6.45, 7) is 8.60. The Hall–Kier alpha value is -0.550. The summed E-state index contributed by atoms with van der Waals surface area (Å²) in [7, 11) is 0. The lowest BCUT2D eigenvalue weighted by Crippen LogP contribution is -2.40. The molecule has 0 spiro atoms. The van der Waals surface area contributed by atoms with Gasteiger partial charge in [0, 0.05) is 6.04 Å². The largest absolute Gasteiger partial charge is 0.288 e. The van der Waals surface area contributed by atoms with Crippen LogP contribution < -0.4 is 0 Å². The predicted molar refractivity (Wildman–Crippen MR) is 63.4 cm³/mol. The third-order valence-electron chi connectivity index (χ3n) is 3.87. The summed E-state index contributed by atoms with van der Waals surface area (Å²) in [5, 5.41) is 8.82. The van der Waals surface area contributed by atoms with E-state index in [-0.39, 0.29) is 0 Å². The van der Waals surface area contributed by atoms with Gasteiger partial charge in [0.1, 0.15) is 0 Å². The normalized spacial score (nSPS) is 31.5. The van der Waals surface area contributed by atoms with Crippen molar-refractivity contribution in [3.8, 4) is 6.07 Å². The Morgan fingerprint density at radius 3 is 2.53 bits per heavy atom. The van der Waals surface area contributed by atoms with Crippen molar-refractivity contribution >= 4 is 0 Å². The Morgan fingerprint density at radius 1 is 1.27 bits per heavy atom. The van der Waals surface area contributed by atoms with Gasteiger partial charge in [-0.3, -0.25) is 4.90 Å². The van der Waals surface area contributed by atoms with Gasteiger partial charge < -0.3 is 0 Å². The summed E-state index contributed by atoms with van der Waals surface area (Å²) in [6, 6.07) is 2.96. The minimum absolute atomic E-state index is 0.611. The SMILES string of the molecule is CCCN(CC#N)C1CCC(C)C(C)C1. The molecule has 1 aliphatic rings. The molecule has 0 heterocycles. The fraction of sp³-hybridized carbons (Fsp3) is 0.923. The van der Waals surface area contributed by atoms with Crippen LogP contribution in [0.1, 0.15) is 46.5 Å². The van der Waals surface area contributed by atoms with Crippen LogP contribution in [-0.4, -0.2) is 24.0 Å². The van der Waals surface area contributed by atoms with Gasteiger partial charge >= 0.3 is 0 Å². The minimum atomic E-state index is 0.611. The Labute approximate surface area is 94.3 Å². The molecule has 1 saturated carbocycles. The van der Waals surface area contributed by atoms with E-state index in [0.29, 0.717) is 12.6 Å². The Balaban J connectivity index is 2.49. The second-order valence-corrected chi connectivity index (χ2v) is 5.05. The van der Waals surface area contributed by atoms with Crippen LogP contribution in [0.3, 0.4) is 0 Å². The lowest BCUT2D eigenvalue weighted by atomic mass is 9.78. The van der Waals surface area contributed by atoms with Gasteiger partial charge in [0.2, 0.25) is 0 Å². The molecule has 0 bridgehead atoms. The van der Waals surface area contributed by atoms with Gasteiger partial charge in [-0.2, -0.15) is 5.26 Å². The number of nitrogens with zero attached hydrogens (tertiary/aromatic N) is 2. The van der Waals surface area contributed by atoms with Crippen LogP contribution in [0.4, 0.5) is 0 Å². The van der Waals surface area contributed by atoms with Gasteiger partial charge in [0.05, 0.1) is 12.6 Å². The molecule has 86 valence electrons. The van der Waals surface area contributed by atoms with Crippen molar-refractivity contribution in [3.63, 3.8) is 0 Å². The first kappa shape index (κ1) is 12.5. The van der Waals surface area contributed by atoms with Crippen LogP contribution in [0.5, 0.6) is 0 Å². The van der Waals surface area contributed by atoms with Gasteiger partial charge in [-0.05, 0) is 44.1 Å². The second-order valence-electron chi connectivity index (χ2n) is 5.05. The Bertz CT molecular complexity index is 219. The van der Waals surface area contributed by atoms with Crippen molar-refractivity contribution < 1.29 is 0 Å². The maximum atomic E-state index is 8.82. The highest BCUT2D eigenvalue weighted by atomic mass is 15.1. The van der Waals surface area contributed by atoms with Crippen LogP contribution in [0.25, 0.3) is 0 Å². The number of nitriles is 1. The summed E-state index contributed by atoms with van der Waals surface area (Å²) in [6.07, 6.45) is 5.05. The molecular weight excluding hydrogens is 184 g/mol. The Morgan fingerprint density at radius 2 is 2.00 bits per heavy atom. The molecule has 1 rings (SSSR count). The first-order valence-electron chi connectivity index (χ1n) is 6.30. The molecule has 2 nitrogen and oxygen atoms in total. The first-order chi connectivity index (χ1) is 7.19. The molecule has 0 N–H and O–H groups in total. The molecule has 3 atom stereocenters. The maximum absolute atomic E-state index is 8.82. The van der Waals surface area contributed by atoms with Crippen molar-refractivity contribution in [2.75, 3.05) is 13.1 Å². The molecule has 0 saturated heterocycles. The molecule has 1 aliphatic carbocycles. The van der Waals surface area contributed by atoms with Crippen molar-refractivity contribution in [1.82, 2.24) is 4.90 Å². The van der Waals surface area contributed by atoms with Gasteiger partial charge in [-0.1, -0.05) is 20.8 Å². The molecule has 0 aromatic heterocycles. The van der Waals surface area contributed by atoms with Crippen LogP contribution in [0, 0.1) is 23.2 Å². The van der Waals surface area contributed by atoms with Crippen molar-refractivity contribution in [2.24, 2.45) is 11.8 Å². The van der Waals surface area contributed by atoms with Crippen LogP contribution in [0.15, 0.2) is 0 Å². The summed E-state index contributed by atoms with van der Waals surface area (Å²) in [5.74, 6) is 1.69. The fourth-order valence-corrected chi connectivity index (χ4v) is 2.62. The zero-order valence-electron chi connectivity index (χ0n) is 10.4. The molecule has 15 heavy (non-hydrogen) atoms. The molecule has 0 aromatic rings. The van der Waals surface area contributed by atoms with Gasteiger partial charge in [-0.15, -0.1) is 0 Å². The molecule has 0 aliphatic heterocycles. The highest BCUT2D eigenvalue weighted by molar-refractivity contribution is 4.86. The lowest BCUT2D eigenvalue weighted by Gasteiger charge is -2.38. The zero-order valence-corrected chi connectivity index (χ0v) is 10.4. The molecule has 0 aromatic carbocycles. The molecule has 0 amide bonds. The standard InChI is InChI=1S/C13H24N2/c1-4-8-15(9-7-14)13-6-5-11(2)12(3)10-13/h11-13H,4-6,8-10H2,1-3H3. The van der Waals surface area contributed by atoms with Gasteiger partial charge in [0.15, 0.2) is 0 Å². The smallest absolute Gasteiger partial charge is 0.0868 e. The number of hydrogen-bond donors (Lipinski definition) is 0. The molecule has 2 heteroatoms. The van der Waals surface area contributed by atoms with Crippen LogP contribution in [-0.2, 0) is 0 Å².